The molecule has 4 rings (SSSR count). The number of amides is 1. The van der Waals surface area contributed by atoms with Gasteiger partial charge < -0.3 is 5.32 Å². The van der Waals surface area contributed by atoms with E-state index in [0.717, 1.165) is 10.9 Å². The number of sulfonamides is 1. The van der Waals surface area contributed by atoms with Crippen molar-refractivity contribution in [3.05, 3.63) is 52.0 Å². The van der Waals surface area contributed by atoms with Crippen LogP contribution in [0.5, 0.6) is 0 Å². The molecule has 2 aliphatic rings. The molecule has 1 saturated carbocycles. The second-order valence-corrected chi connectivity index (χ2v) is 10.4. The third-order valence-corrected chi connectivity index (χ3v) is 8.37. The van der Waals surface area contributed by atoms with E-state index in [9.17, 15) is 17.6 Å². The first-order chi connectivity index (χ1) is 12.8. The van der Waals surface area contributed by atoms with Crippen LogP contribution in [0.2, 0.25) is 0 Å². The number of rotatable bonds is 5. The molecular weight excluding hydrogens is 387 g/mol. The fourth-order valence-corrected chi connectivity index (χ4v) is 6.02. The molecule has 1 N–H and O–H groups in total. The summed E-state index contributed by atoms with van der Waals surface area (Å²) in [5.41, 5.74) is 0.145. The molecule has 1 aliphatic heterocycles. The van der Waals surface area contributed by atoms with E-state index in [2.05, 4.69) is 5.32 Å². The predicted octanol–water partition coefficient (Wildman–Crippen LogP) is 2.91. The van der Waals surface area contributed by atoms with Gasteiger partial charge in [-0.25, -0.2) is 12.8 Å². The zero-order valence-electron chi connectivity index (χ0n) is 14.9. The molecule has 0 radical (unpaired) electrons. The second kappa shape index (κ2) is 6.68. The van der Waals surface area contributed by atoms with Crippen molar-refractivity contribution < 1.29 is 17.6 Å². The van der Waals surface area contributed by atoms with Gasteiger partial charge >= 0.3 is 0 Å². The second-order valence-electron chi connectivity index (χ2n) is 7.42. The number of carbonyl (C=O) groups is 1. The molecule has 1 aromatic heterocycles. The number of thiophene rings is 1. The molecule has 1 amide bonds. The summed E-state index contributed by atoms with van der Waals surface area (Å²) in [6.07, 6.45) is 1.37. The van der Waals surface area contributed by atoms with Crippen LogP contribution in [0, 0.1) is 24.1 Å². The Balaban J connectivity index is 1.41. The first kappa shape index (κ1) is 18.6. The highest BCUT2D eigenvalue weighted by atomic mass is 32.2. The van der Waals surface area contributed by atoms with Crippen molar-refractivity contribution in [2.45, 2.75) is 31.2 Å². The molecule has 2 atom stereocenters. The maximum atomic E-state index is 13.8. The molecule has 1 aromatic carbocycles. The van der Waals surface area contributed by atoms with E-state index in [4.69, 9.17) is 0 Å². The molecule has 1 saturated heterocycles. The lowest BCUT2D eigenvalue weighted by molar-refractivity contribution is -0.123. The number of hydrogen-bond acceptors (Lipinski definition) is 4. The van der Waals surface area contributed by atoms with Gasteiger partial charge in [-0.3, -0.25) is 4.79 Å². The topological polar surface area (TPSA) is 66.5 Å². The minimum Gasteiger partial charge on any atom is -0.351 e. The lowest BCUT2D eigenvalue weighted by Gasteiger charge is -2.17. The Kier molecular flexibility index (Phi) is 4.60. The third-order valence-electron chi connectivity index (χ3n) is 5.65. The van der Waals surface area contributed by atoms with Gasteiger partial charge in [0.1, 0.15) is 5.82 Å². The molecule has 0 bridgehead atoms. The summed E-state index contributed by atoms with van der Waals surface area (Å²) in [6.45, 7) is 2.79. The molecule has 2 heterocycles. The van der Waals surface area contributed by atoms with E-state index in [0.29, 0.717) is 38.0 Å². The fraction of sp³-hybridized carbons (Fsp3) is 0.421. The van der Waals surface area contributed by atoms with Crippen molar-refractivity contribution in [3.63, 3.8) is 0 Å². The largest absolute Gasteiger partial charge is 0.351 e. The highest BCUT2D eigenvalue weighted by Crippen LogP contribution is 2.59. The molecule has 144 valence electrons. The lowest BCUT2D eigenvalue weighted by atomic mass is 10.0. The van der Waals surface area contributed by atoms with Crippen LogP contribution in [0.1, 0.15) is 23.3 Å². The molecule has 2 fully saturated rings. The van der Waals surface area contributed by atoms with Crippen LogP contribution in [-0.2, 0) is 21.4 Å². The van der Waals surface area contributed by atoms with Crippen molar-refractivity contribution in [2.75, 3.05) is 13.1 Å². The van der Waals surface area contributed by atoms with Gasteiger partial charge in [-0.05, 0) is 54.3 Å². The van der Waals surface area contributed by atoms with Crippen LogP contribution in [0.3, 0.4) is 0 Å². The van der Waals surface area contributed by atoms with E-state index in [1.165, 1.54) is 16.4 Å². The number of hydrogen-bond donors (Lipinski definition) is 1. The zero-order chi connectivity index (χ0) is 19.2. The molecule has 8 heteroatoms. The molecule has 27 heavy (non-hydrogen) atoms. The highest BCUT2D eigenvalue weighted by Gasteiger charge is 2.62. The Bertz CT molecular complexity index is 975. The van der Waals surface area contributed by atoms with E-state index < -0.39 is 15.8 Å². The Hall–Kier alpha value is -1.77. The van der Waals surface area contributed by atoms with Gasteiger partial charge in [0.2, 0.25) is 15.9 Å². The normalized spacial score (nSPS) is 25.0. The zero-order valence-corrected chi connectivity index (χ0v) is 16.6. The van der Waals surface area contributed by atoms with Crippen LogP contribution in [0.25, 0.3) is 0 Å². The van der Waals surface area contributed by atoms with Crippen LogP contribution in [0.4, 0.5) is 4.39 Å². The summed E-state index contributed by atoms with van der Waals surface area (Å²) in [7, 11) is -3.74. The van der Waals surface area contributed by atoms with Gasteiger partial charge in [0, 0.05) is 23.9 Å². The number of nitrogens with one attached hydrogen (secondary N) is 1. The number of nitrogens with zero attached hydrogens (tertiary/aromatic N) is 1. The number of carbonyl (C=O) groups excluding carboxylic acids is 1. The van der Waals surface area contributed by atoms with Crippen LogP contribution < -0.4 is 5.32 Å². The summed E-state index contributed by atoms with van der Waals surface area (Å²) in [4.78, 5) is 13.5. The van der Waals surface area contributed by atoms with Crippen molar-refractivity contribution in [1.82, 2.24) is 9.62 Å². The molecular formula is C19H21FN2O3S2. The molecule has 2 unspecified atom stereocenters. The van der Waals surface area contributed by atoms with E-state index in [-0.39, 0.29) is 22.1 Å². The first-order valence-electron chi connectivity index (χ1n) is 8.88. The maximum absolute atomic E-state index is 13.8. The van der Waals surface area contributed by atoms with E-state index >= 15 is 0 Å². The van der Waals surface area contributed by atoms with Crippen molar-refractivity contribution in [1.29, 1.82) is 0 Å². The third kappa shape index (κ3) is 3.41. The minimum atomic E-state index is -3.74. The Morgan fingerprint density at radius 1 is 1.41 bits per heavy atom. The van der Waals surface area contributed by atoms with Gasteiger partial charge in [-0.1, -0.05) is 12.1 Å². The van der Waals surface area contributed by atoms with Gasteiger partial charge in [0.15, 0.2) is 0 Å². The molecule has 1 spiro atoms. The van der Waals surface area contributed by atoms with Crippen LogP contribution in [0.15, 0.2) is 40.6 Å². The number of halogens is 1. The smallest absolute Gasteiger partial charge is 0.243 e. The quantitative estimate of drug-likeness (QED) is 0.827. The van der Waals surface area contributed by atoms with Crippen molar-refractivity contribution in [3.8, 4) is 0 Å². The van der Waals surface area contributed by atoms with Gasteiger partial charge in [0.25, 0.3) is 0 Å². The van der Waals surface area contributed by atoms with E-state index in [1.807, 2.05) is 17.5 Å². The Labute approximate surface area is 162 Å². The maximum Gasteiger partial charge on any atom is 0.243 e. The summed E-state index contributed by atoms with van der Waals surface area (Å²) in [6, 6.07) is 7.91. The average Bonchev–Trinajstić information content (AvgIpc) is 2.99. The lowest BCUT2D eigenvalue weighted by Crippen LogP contribution is -2.31. The highest BCUT2D eigenvalue weighted by molar-refractivity contribution is 7.89. The summed E-state index contributed by atoms with van der Waals surface area (Å²) >= 11 is 1.59. The number of aryl methyl sites for hydroxylation is 1. The fourth-order valence-electron chi connectivity index (χ4n) is 3.82. The monoisotopic (exact) mass is 408 g/mol. The van der Waals surface area contributed by atoms with Crippen LogP contribution in [-0.4, -0.2) is 31.7 Å². The van der Waals surface area contributed by atoms with Crippen molar-refractivity contribution in [2.24, 2.45) is 11.3 Å². The van der Waals surface area contributed by atoms with Crippen molar-refractivity contribution >= 4 is 27.3 Å². The van der Waals surface area contributed by atoms with Gasteiger partial charge in [0.05, 0.1) is 11.4 Å². The summed E-state index contributed by atoms with van der Waals surface area (Å²) in [5.74, 6) is -0.682. The van der Waals surface area contributed by atoms with Crippen LogP contribution >= 0.6 is 11.3 Å². The summed E-state index contributed by atoms with van der Waals surface area (Å²) in [5, 5.41) is 4.92. The Morgan fingerprint density at radius 2 is 2.22 bits per heavy atom. The minimum absolute atomic E-state index is 0.0102. The van der Waals surface area contributed by atoms with Gasteiger partial charge in [-0.2, -0.15) is 4.31 Å². The predicted molar refractivity (Wildman–Crippen MR) is 101 cm³/mol. The Morgan fingerprint density at radius 3 is 2.93 bits per heavy atom. The number of benzene rings is 1. The van der Waals surface area contributed by atoms with E-state index in [1.54, 1.807) is 18.3 Å². The molecule has 1 aliphatic carbocycles. The SMILES string of the molecule is Cc1ccc(S(=O)(=O)N2CCC3(CC3C(=O)NCc3cccs3)C2)cc1F. The summed E-state index contributed by atoms with van der Waals surface area (Å²) < 4.78 is 40.9. The standard InChI is InChI=1S/C19H21FN2O3S2/c1-13-4-5-15(9-17(13)20)27(24,25)22-7-6-19(12-22)10-16(19)18(23)21-11-14-3-2-8-26-14/h2-5,8-9,16H,6-7,10-12H2,1H3,(H,21,23). The molecule has 2 aromatic rings. The molecule has 5 nitrogen and oxygen atoms in total. The average molecular weight is 409 g/mol. The first-order valence-corrected chi connectivity index (χ1v) is 11.2. The van der Waals surface area contributed by atoms with Gasteiger partial charge in [-0.15, -0.1) is 11.3 Å².